The topological polar surface area (TPSA) is 112 Å². The summed E-state index contributed by atoms with van der Waals surface area (Å²) in [5.41, 5.74) is -0.699. The standard InChI is InChI=1S/C15H21Cl3N3O6P/c1-3-6-19-28(24,26-9-15(16,17)18)25-8-11-4-5-12(27-11)21-7-10(2)13(22)20-14(21)23/h4-5,7,11-12H,3,6,8-9H2,1-2H3,(H,19,24)(H,20,22,23)/t11-,12+,28?/m0/s1. The Balaban J connectivity index is 1.99. The molecule has 0 spiro atoms. The van der Waals surface area contributed by atoms with Crippen LogP contribution in [0.2, 0.25) is 0 Å². The van der Waals surface area contributed by atoms with Crippen molar-refractivity contribution < 1.29 is 18.3 Å². The molecule has 28 heavy (non-hydrogen) atoms. The highest BCUT2D eigenvalue weighted by Crippen LogP contribution is 2.46. The van der Waals surface area contributed by atoms with Gasteiger partial charge in [0.15, 0.2) is 6.23 Å². The van der Waals surface area contributed by atoms with E-state index >= 15 is 0 Å². The molecule has 0 saturated heterocycles. The monoisotopic (exact) mass is 475 g/mol. The van der Waals surface area contributed by atoms with Crippen LogP contribution >= 0.6 is 42.5 Å². The summed E-state index contributed by atoms with van der Waals surface area (Å²) in [6, 6.07) is 0. The second kappa shape index (κ2) is 9.91. The van der Waals surface area contributed by atoms with E-state index in [9.17, 15) is 14.2 Å². The van der Waals surface area contributed by atoms with E-state index in [1.807, 2.05) is 6.92 Å². The maximum atomic E-state index is 12.8. The average Bonchev–Trinajstić information content (AvgIpc) is 3.08. The normalized spacial score (nSPS) is 21.8. The fourth-order valence-electron chi connectivity index (χ4n) is 2.22. The molecule has 0 radical (unpaired) electrons. The van der Waals surface area contributed by atoms with Crippen LogP contribution in [0.5, 0.6) is 0 Å². The Kier molecular flexibility index (Phi) is 8.37. The molecule has 0 fully saturated rings. The number of halogens is 3. The van der Waals surface area contributed by atoms with Crippen LogP contribution in [0.25, 0.3) is 0 Å². The highest BCUT2D eigenvalue weighted by Gasteiger charge is 2.32. The smallest absolute Gasteiger partial charge is 0.344 e. The molecular weight excluding hydrogens is 456 g/mol. The lowest BCUT2D eigenvalue weighted by molar-refractivity contribution is -0.00888. The minimum Gasteiger partial charge on any atom is -0.344 e. The van der Waals surface area contributed by atoms with E-state index in [1.54, 1.807) is 19.1 Å². The Bertz CT molecular complexity index is 866. The fraction of sp³-hybridized carbons (Fsp3) is 0.600. The maximum Gasteiger partial charge on any atom is 0.405 e. The quantitative estimate of drug-likeness (QED) is 0.320. The molecule has 1 aliphatic rings. The highest BCUT2D eigenvalue weighted by atomic mass is 35.6. The SMILES string of the molecule is CCCNP(=O)(OC[C@@H]1C=C[C@H](n2cc(C)c(=O)[nH]c2=O)O1)OCC(Cl)(Cl)Cl. The number of rotatable bonds is 9. The molecule has 2 rings (SSSR count). The van der Waals surface area contributed by atoms with Crippen molar-refractivity contribution in [2.24, 2.45) is 0 Å². The predicted octanol–water partition coefficient (Wildman–Crippen LogP) is 2.81. The van der Waals surface area contributed by atoms with Gasteiger partial charge in [-0.05, 0) is 19.4 Å². The largest absolute Gasteiger partial charge is 0.405 e. The van der Waals surface area contributed by atoms with Crippen LogP contribution in [0.3, 0.4) is 0 Å². The molecule has 0 saturated carbocycles. The van der Waals surface area contributed by atoms with Crippen LogP contribution in [-0.2, 0) is 18.3 Å². The first-order chi connectivity index (χ1) is 13.0. The van der Waals surface area contributed by atoms with Gasteiger partial charge in [-0.15, -0.1) is 0 Å². The molecule has 1 aromatic heterocycles. The van der Waals surface area contributed by atoms with E-state index in [4.69, 9.17) is 48.6 Å². The Morgan fingerprint density at radius 3 is 2.68 bits per heavy atom. The number of hydrogen-bond donors (Lipinski definition) is 2. The number of nitrogens with one attached hydrogen (secondary N) is 2. The third-order valence-corrected chi connectivity index (χ3v) is 5.48. The summed E-state index contributed by atoms with van der Waals surface area (Å²) in [4.78, 5) is 25.6. The van der Waals surface area contributed by atoms with Crippen LogP contribution in [0.15, 0.2) is 27.9 Å². The minimum atomic E-state index is -3.73. The fourth-order valence-corrected chi connectivity index (χ4v) is 4.08. The van der Waals surface area contributed by atoms with Gasteiger partial charge >= 0.3 is 13.4 Å². The van der Waals surface area contributed by atoms with Gasteiger partial charge in [-0.25, -0.2) is 14.4 Å². The predicted molar refractivity (Wildman–Crippen MR) is 107 cm³/mol. The zero-order valence-corrected chi connectivity index (χ0v) is 18.4. The lowest BCUT2D eigenvalue weighted by Gasteiger charge is -2.23. The van der Waals surface area contributed by atoms with Gasteiger partial charge in [0, 0.05) is 18.3 Å². The van der Waals surface area contributed by atoms with E-state index in [1.165, 1.54) is 10.8 Å². The molecule has 2 N–H and O–H groups in total. The summed E-state index contributed by atoms with van der Waals surface area (Å²) < 4.78 is 28.5. The molecule has 1 unspecified atom stereocenters. The van der Waals surface area contributed by atoms with Crippen molar-refractivity contribution in [1.82, 2.24) is 14.6 Å². The number of alkyl halides is 3. The number of nitrogens with zero attached hydrogens (tertiary/aromatic N) is 1. The van der Waals surface area contributed by atoms with Gasteiger partial charge in [0.25, 0.3) is 5.56 Å². The zero-order valence-electron chi connectivity index (χ0n) is 15.2. The lowest BCUT2D eigenvalue weighted by Crippen LogP contribution is -2.33. The molecule has 13 heteroatoms. The van der Waals surface area contributed by atoms with Crippen molar-refractivity contribution in [3.8, 4) is 0 Å². The van der Waals surface area contributed by atoms with E-state index in [0.29, 0.717) is 18.5 Å². The Hall–Kier alpha value is -0.640. The summed E-state index contributed by atoms with van der Waals surface area (Å²) in [6.07, 6.45) is 4.02. The number of aromatic nitrogens is 2. The molecule has 0 amide bonds. The molecule has 158 valence electrons. The van der Waals surface area contributed by atoms with Crippen LogP contribution in [0, 0.1) is 6.92 Å². The molecular formula is C15H21Cl3N3O6P. The Labute approximate surface area is 176 Å². The van der Waals surface area contributed by atoms with Gasteiger partial charge in [-0.3, -0.25) is 23.4 Å². The molecule has 0 aromatic carbocycles. The molecule has 0 aliphatic carbocycles. The summed E-state index contributed by atoms with van der Waals surface area (Å²) in [6.45, 7) is 3.27. The highest BCUT2D eigenvalue weighted by molar-refractivity contribution is 7.51. The number of ether oxygens (including phenoxy) is 1. The van der Waals surface area contributed by atoms with Crippen LogP contribution in [-0.4, -0.2) is 39.2 Å². The number of H-pyrrole nitrogens is 1. The van der Waals surface area contributed by atoms with Crippen molar-refractivity contribution in [3.05, 3.63) is 44.8 Å². The molecule has 1 aromatic rings. The van der Waals surface area contributed by atoms with Crippen molar-refractivity contribution >= 4 is 42.5 Å². The second-order valence-electron chi connectivity index (χ2n) is 6.02. The summed E-state index contributed by atoms with van der Waals surface area (Å²) in [7, 11) is -3.73. The molecule has 2 heterocycles. The summed E-state index contributed by atoms with van der Waals surface area (Å²) >= 11 is 16.9. The maximum absolute atomic E-state index is 12.8. The van der Waals surface area contributed by atoms with E-state index < -0.39 is 41.7 Å². The number of aromatic amines is 1. The molecule has 3 atom stereocenters. The van der Waals surface area contributed by atoms with Crippen LogP contribution < -0.4 is 16.3 Å². The first-order valence-corrected chi connectivity index (χ1v) is 11.1. The molecule has 0 bridgehead atoms. The summed E-state index contributed by atoms with van der Waals surface area (Å²) in [5, 5.41) is 2.67. The number of aryl methyl sites for hydroxylation is 1. The van der Waals surface area contributed by atoms with Crippen molar-refractivity contribution in [2.45, 2.75) is 36.4 Å². The molecule has 1 aliphatic heterocycles. The van der Waals surface area contributed by atoms with Crippen molar-refractivity contribution in [1.29, 1.82) is 0 Å². The minimum absolute atomic E-state index is 0.127. The van der Waals surface area contributed by atoms with Gasteiger partial charge in [0.05, 0.1) is 6.61 Å². The number of hydrogen-bond acceptors (Lipinski definition) is 6. The van der Waals surface area contributed by atoms with E-state index in [-0.39, 0.29) is 6.61 Å². The average molecular weight is 477 g/mol. The first kappa shape index (κ1) is 23.6. The van der Waals surface area contributed by atoms with Crippen molar-refractivity contribution in [3.63, 3.8) is 0 Å². The van der Waals surface area contributed by atoms with Crippen LogP contribution in [0.4, 0.5) is 0 Å². The van der Waals surface area contributed by atoms with Crippen LogP contribution in [0.1, 0.15) is 25.1 Å². The second-order valence-corrected chi connectivity index (χ2v) is 10.4. The Morgan fingerprint density at radius 2 is 2.04 bits per heavy atom. The van der Waals surface area contributed by atoms with Gasteiger partial charge in [0.2, 0.25) is 3.79 Å². The third kappa shape index (κ3) is 7.00. The first-order valence-electron chi connectivity index (χ1n) is 8.40. The lowest BCUT2D eigenvalue weighted by atomic mass is 10.3. The van der Waals surface area contributed by atoms with E-state index in [2.05, 4.69) is 10.1 Å². The Morgan fingerprint density at radius 1 is 1.32 bits per heavy atom. The van der Waals surface area contributed by atoms with Gasteiger partial charge < -0.3 is 4.74 Å². The zero-order chi connectivity index (χ0) is 20.9. The van der Waals surface area contributed by atoms with Gasteiger partial charge in [0.1, 0.15) is 12.7 Å². The third-order valence-electron chi connectivity index (χ3n) is 3.59. The summed E-state index contributed by atoms with van der Waals surface area (Å²) in [5.74, 6) is 0. The molecule has 9 nitrogen and oxygen atoms in total. The van der Waals surface area contributed by atoms with Gasteiger partial charge in [-0.2, -0.15) is 0 Å². The van der Waals surface area contributed by atoms with Gasteiger partial charge in [-0.1, -0.05) is 47.8 Å². The van der Waals surface area contributed by atoms with E-state index in [0.717, 1.165) is 0 Å². The van der Waals surface area contributed by atoms with Crippen molar-refractivity contribution in [2.75, 3.05) is 19.8 Å².